The van der Waals surface area contributed by atoms with Gasteiger partial charge in [-0.3, -0.25) is 4.79 Å². The van der Waals surface area contributed by atoms with Crippen LogP contribution in [0.5, 0.6) is 0 Å². The van der Waals surface area contributed by atoms with Crippen molar-refractivity contribution >= 4 is 17.6 Å². The smallest absolute Gasteiger partial charge is 0.321 e. The average molecular weight is 329 g/mol. The molecule has 5 heteroatoms. The summed E-state index contributed by atoms with van der Waals surface area (Å²) in [5, 5.41) is 3.00. The number of nitrogens with zero attached hydrogens (tertiary/aromatic N) is 2. The summed E-state index contributed by atoms with van der Waals surface area (Å²) in [4.78, 5) is 28.2. The van der Waals surface area contributed by atoms with E-state index in [-0.39, 0.29) is 11.9 Å². The van der Waals surface area contributed by atoms with E-state index in [0.29, 0.717) is 18.9 Å². The first-order valence-corrected chi connectivity index (χ1v) is 9.04. The highest BCUT2D eigenvalue weighted by molar-refractivity contribution is 5.89. The molecule has 0 aliphatic carbocycles. The molecule has 3 amide bonds. The molecule has 1 atom stereocenters. The Balaban J connectivity index is 1.60. The van der Waals surface area contributed by atoms with Crippen molar-refractivity contribution in [3.8, 4) is 0 Å². The number of rotatable bonds is 3. The van der Waals surface area contributed by atoms with Crippen molar-refractivity contribution in [3.05, 3.63) is 29.8 Å². The van der Waals surface area contributed by atoms with E-state index in [2.05, 4.69) is 12.2 Å². The summed E-state index contributed by atoms with van der Waals surface area (Å²) in [5.74, 6) is 0.805. The average Bonchev–Trinajstić information content (AvgIpc) is 2.57. The number of piperidine rings is 2. The van der Waals surface area contributed by atoms with Crippen LogP contribution in [0, 0.1) is 5.92 Å². The zero-order valence-electron chi connectivity index (χ0n) is 14.5. The first kappa shape index (κ1) is 16.8. The molecule has 1 aromatic carbocycles. The summed E-state index contributed by atoms with van der Waals surface area (Å²) in [6.07, 6.45) is 5.01. The largest absolute Gasteiger partial charge is 0.338 e. The third-order valence-electron chi connectivity index (χ3n) is 4.92. The van der Waals surface area contributed by atoms with Crippen molar-refractivity contribution in [1.82, 2.24) is 9.80 Å². The second-order valence-electron chi connectivity index (χ2n) is 7.10. The van der Waals surface area contributed by atoms with Gasteiger partial charge in [-0.2, -0.15) is 0 Å². The third kappa shape index (κ3) is 4.28. The van der Waals surface area contributed by atoms with Gasteiger partial charge in [-0.05, 0) is 49.3 Å². The highest BCUT2D eigenvalue weighted by Gasteiger charge is 2.21. The second kappa shape index (κ2) is 7.69. The van der Waals surface area contributed by atoms with Crippen LogP contribution in [0.1, 0.15) is 44.6 Å². The Kier molecular flexibility index (Phi) is 5.38. The number of amides is 3. The van der Waals surface area contributed by atoms with Crippen LogP contribution in [-0.4, -0.2) is 41.4 Å². The van der Waals surface area contributed by atoms with E-state index in [1.165, 1.54) is 6.42 Å². The van der Waals surface area contributed by atoms with E-state index in [4.69, 9.17) is 0 Å². The van der Waals surface area contributed by atoms with E-state index in [1.807, 2.05) is 34.1 Å². The third-order valence-corrected chi connectivity index (χ3v) is 4.92. The lowest BCUT2D eigenvalue weighted by Gasteiger charge is -2.31. The molecule has 0 aromatic heterocycles. The summed E-state index contributed by atoms with van der Waals surface area (Å²) in [6, 6.07) is 7.83. The quantitative estimate of drug-likeness (QED) is 0.923. The number of carbonyl (C=O) groups is 2. The lowest BCUT2D eigenvalue weighted by atomic mass is 10.0. The molecule has 2 fully saturated rings. The van der Waals surface area contributed by atoms with Crippen LogP contribution < -0.4 is 5.32 Å². The highest BCUT2D eigenvalue weighted by atomic mass is 16.2. The molecule has 5 nitrogen and oxygen atoms in total. The van der Waals surface area contributed by atoms with Crippen molar-refractivity contribution in [2.75, 3.05) is 25.0 Å². The summed E-state index contributed by atoms with van der Waals surface area (Å²) < 4.78 is 0. The molecule has 2 aliphatic heterocycles. The van der Waals surface area contributed by atoms with Crippen molar-refractivity contribution in [3.63, 3.8) is 0 Å². The van der Waals surface area contributed by atoms with Gasteiger partial charge in [-0.1, -0.05) is 19.1 Å². The van der Waals surface area contributed by atoms with Crippen molar-refractivity contribution < 1.29 is 9.59 Å². The second-order valence-corrected chi connectivity index (χ2v) is 7.10. The molecule has 0 bridgehead atoms. The minimum Gasteiger partial charge on any atom is -0.338 e. The Labute approximate surface area is 144 Å². The molecule has 0 saturated carbocycles. The Hall–Kier alpha value is -2.04. The summed E-state index contributed by atoms with van der Waals surface area (Å²) in [6.45, 7) is 5.31. The summed E-state index contributed by atoms with van der Waals surface area (Å²) in [5.41, 5.74) is 1.87. The van der Waals surface area contributed by atoms with Crippen molar-refractivity contribution in [1.29, 1.82) is 0 Å². The number of nitrogens with one attached hydrogen (secondary N) is 1. The van der Waals surface area contributed by atoms with E-state index < -0.39 is 0 Å². The van der Waals surface area contributed by atoms with E-state index in [1.54, 1.807) is 0 Å². The van der Waals surface area contributed by atoms with Crippen LogP contribution in [-0.2, 0) is 11.3 Å². The monoisotopic (exact) mass is 329 g/mol. The first-order valence-electron chi connectivity index (χ1n) is 9.04. The summed E-state index contributed by atoms with van der Waals surface area (Å²) >= 11 is 0. The maximum Gasteiger partial charge on any atom is 0.321 e. The van der Waals surface area contributed by atoms with Crippen LogP contribution in [0.4, 0.5) is 10.5 Å². The minimum atomic E-state index is -0.0206. The molecular formula is C19H27N3O2. The molecule has 24 heavy (non-hydrogen) atoms. The number of anilines is 1. The fourth-order valence-corrected chi connectivity index (χ4v) is 3.57. The van der Waals surface area contributed by atoms with Gasteiger partial charge in [-0.15, -0.1) is 0 Å². The van der Waals surface area contributed by atoms with Gasteiger partial charge in [0.15, 0.2) is 0 Å². The Morgan fingerprint density at radius 1 is 1.25 bits per heavy atom. The summed E-state index contributed by atoms with van der Waals surface area (Å²) in [7, 11) is 0. The topological polar surface area (TPSA) is 52.7 Å². The maximum atomic E-state index is 12.4. The van der Waals surface area contributed by atoms with Crippen LogP contribution >= 0.6 is 0 Å². The molecule has 0 spiro atoms. The number of hydrogen-bond donors (Lipinski definition) is 1. The number of benzene rings is 1. The molecule has 3 rings (SSSR count). The first-order chi connectivity index (χ1) is 11.6. The molecule has 1 aromatic rings. The molecule has 2 aliphatic rings. The number of likely N-dealkylation sites (tertiary alicyclic amines) is 2. The van der Waals surface area contributed by atoms with Gasteiger partial charge in [0, 0.05) is 38.3 Å². The zero-order chi connectivity index (χ0) is 16.9. The molecule has 1 N–H and O–H groups in total. The number of hydrogen-bond acceptors (Lipinski definition) is 2. The van der Waals surface area contributed by atoms with Crippen LogP contribution in [0.15, 0.2) is 24.3 Å². The Bertz CT molecular complexity index is 602. The minimum absolute atomic E-state index is 0.0206. The van der Waals surface area contributed by atoms with Gasteiger partial charge >= 0.3 is 6.03 Å². The fraction of sp³-hybridized carbons (Fsp3) is 0.579. The predicted octanol–water partition coefficient (Wildman–Crippen LogP) is 3.46. The lowest BCUT2D eigenvalue weighted by molar-refractivity contribution is -0.133. The molecule has 0 radical (unpaired) electrons. The van der Waals surface area contributed by atoms with E-state index in [0.717, 1.165) is 50.1 Å². The van der Waals surface area contributed by atoms with E-state index >= 15 is 0 Å². The zero-order valence-corrected chi connectivity index (χ0v) is 14.5. The number of urea groups is 1. The maximum absolute atomic E-state index is 12.4. The lowest BCUT2D eigenvalue weighted by Crippen LogP contribution is -2.41. The van der Waals surface area contributed by atoms with Crippen molar-refractivity contribution in [2.45, 2.75) is 45.6 Å². The van der Waals surface area contributed by atoms with Gasteiger partial charge in [0.25, 0.3) is 0 Å². The number of carbonyl (C=O) groups excluding carboxylic acids is 2. The van der Waals surface area contributed by atoms with Crippen LogP contribution in [0.25, 0.3) is 0 Å². The SMILES string of the molecule is C[C@H]1CCCN(C(=O)Nc2cccc(CN3CCCCC3=O)c2)C1. The Morgan fingerprint density at radius 3 is 2.92 bits per heavy atom. The predicted molar refractivity (Wildman–Crippen MR) is 94.7 cm³/mol. The fourth-order valence-electron chi connectivity index (χ4n) is 3.57. The molecule has 2 saturated heterocycles. The van der Waals surface area contributed by atoms with Crippen LogP contribution in [0.2, 0.25) is 0 Å². The standard InChI is InChI=1S/C19H27N3O2/c1-15-6-5-11-22(13-15)19(24)20-17-8-4-7-16(12-17)14-21-10-3-2-9-18(21)23/h4,7-8,12,15H,2-3,5-6,9-11,13-14H2,1H3,(H,20,24)/t15-/m0/s1. The van der Waals surface area contributed by atoms with Gasteiger partial charge in [0.2, 0.25) is 5.91 Å². The van der Waals surface area contributed by atoms with Gasteiger partial charge < -0.3 is 15.1 Å². The van der Waals surface area contributed by atoms with E-state index in [9.17, 15) is 9.59 Å². The van der Waals surface area contributed by atoms with Crippen molar-refractivity contribution in [2.24, 2.45) is 5.92 Å². The van der Waals surface area contributed by atoms with Gasteiger partial charge in [0.05, 0.1) is 0 Å². The molecular weight excluding hydrogens is 302 g/mol. The molecule has 130 valence electrons. The normalized spacial score (nSPS) is 21.7. The highest BCUT2D eigenvalue weighted by Crippen LogP contribution is 2.19. The molecule has 2 heterocycles. The molecule has 0 unspecified atom stereocenters. The Morgan fingerprint density at radius 2 is 2.12 bits per heavy atom. The van der Waals surface area contributed by atoms with Gasteiger partial charge in [0.1, 0.15) is 0 Å². The van der Waals surface area contributed by atoms with Crippen LogP contribution in [0.3, 0.4) is 0 Å². The van der Waals surface area contributed by atoms with Gasteiger partial charge in [-0.25, -0.2) is 4.79 Å².